The van der Waals surface area contributed by atoms with Crippen LogP contribution in [-0.4, -0.2) is 17.5 Å². The lowest BCUT2D eigenvalue weighted by Gasteiger charge is -2.26. The first-order valence-corrected chi connectivity index (χ1v) is 8.48. The molecular weight excluding hydrogens is 308 g/mol. The number of carbonyl (C=O) groups is 1. The van der Waals surface area contributed by atoms with Crippen molar-refractivity contribution in [3.8, 4) is 0 Å². The quantitative estimate of drug-likeness (QED) is 0.817. The molecule has 2 aromatic rings. The Morgan fingerprint density at radius 2 is 1.96 bits per heavy atom. The average molecular weight is 329 g/mol. The number of hydrogen-bond acceptors (Lipinski definition) is 1. The Labute approximate surface area is 142 Å². The van der Waals surface area contributed by atoms with E-state index in [1.807, 2.05) is 47.4 Å². The number of hydrogen-bond donors (Lipinski definition) is 1. The maximum Gasteiger partial charge on any atom is 0.322 e. The fourth-order valence-corrected chi connectivity index (χ4v) is 3.30. The number of para-hydroxylation sites is 1. The first-order chi connectivity index (χ1) is 11.2. The van der Waals surface area contributed by atoms with Crippen molar-refractivity contribution in [3.05, 3.63) is 64.7 Å². The number of likely N-dealkylation sites (tertiary alicyclic amines) is 1. The van der Waals surface area contributed by atoms with Crippen LogP contribution >= 0.6 is 11.6 Å². The van der Waals surface area contributed by atoms with Crippen LogP contribution in [0.5, 0.6) is 0 Å². The third kappa shape index (κ3) is 3.50. The molecule has 0 bridgehead atoms. The summed E-state index contributed by atoms with van der Waals surface area (Å²) in [5.74, 6) is 0. The highest BCUT2D eigenvalue weighted by molar-refractivity contribution is 6.30. The summed E-state index contributed by atoms with van der Waals surface area (Å²) in [6.07, 6.45) is 2.91. The van der Waals surface area contributed by atoms with Gasteiger partial charge in [-0.25, -0.2) is 4.79 Å². The van der Waals surface area contributed by atoms with Gasteiger partial charge in [0.1, 0.15) is 0 Å². The summed E-state index contributed by atoms with van der Waals surface area (Å²) in [5, 5.41) is 3.80. The molecule has 1 saturated heterocycles. The minimum Gasteiger partial charge on any atom is -0.317 e. The van der Waals surface area contributed by atoms with E-state index in [-0.39, 0.29) is 12.1 Å². The standard InChI is InChI=1S/C19H21ClN2O/c1-2-14-6-3-4-7-17(14)21-19(23)22-13-5-8-18(22)15-9-11-16(20)12-10-15/h3-4,6-7,9-12,18H,2,5,8,13H2,1H3,(H,21,23)/t18-/m0/s1. The van der Waals surface area contributed by atoms with E-state index < -0.39 is 0 Å². The van der Waals surface area contributed by atoms with Crippen molar-refractivity contribution >= 4 is 23.3 Å². The zero-order valence-corrected chi connectivity index (χ0v) is 14.0. The molecule has 0 radical (unpaired) electrons. The molecule has 120 valence electrons. The minimum absolute atomic E-state index is 0.0247. The number of urea groups is 1. The van der Waals surface area contributed by atoms with Gasteiger partial charge in [-0.3, -0.25) is 0 Å². The fraction of sp³-hybridized carbons (Fsp3) is 0.316. The normalized spacial score (nSPS) is 17.3. The van der Waals surface area contributed by atoms with E-state index in [0.29, 0.717) is 0 Å². The number of nitrogens with zero attached hydrogens (tertiary/aromatic N) is 1. The highest BCUT2D eigenvalue weighted by Crippen LogP contribution is 2.33. The fourth-order valence-electron chi connectivity index (χ4n) is 3.18. The van der Waals surface area contributed by atoms with E-state index in [2.05, 4.69) is 18.3 Å². The van der Waals surface area contributed by atoms with E-state index in [1.165, 1.54) is 0 Å². The summed E-state index contributed by atoms with van der Waals surface area (Å²) in [6, 6.07) is 15.9. The lowest BCUT2D eigenvalue weighted by molar-refractivity contribution is 0.207. The second-order valence-electron chi connectivity index (χ2n) is 5.84. The number of anilines is 1. The van der Waals surface area contributed by atoms with Crippen LogP contribution in [0.4, 0.5) is 10.5 Å². The van der Waals surface area contributed by atoms with Gasteiger partial charge in [-0.1, -0.05) is 48.9 Å². The van der Waals surface area contributed by atoms with Crippen molar-refractivity contribution in [2.24, 2.45) is 0 Å². The molecule has 2 aromatic carbocycles. The van der Waals surface area contributed by atoms with Crippen molar-refractivity contribution in [2.45, 2.75) is 32.2 Å². The lowest BCUT2D eigenvalue weighted by atomic mass is 10.0. The molecule has 23 heavy (non-hydrogen) atoms. The van der Waals surface area contributed by atoms with E-state index in [1.54, 1.807) is 0 Å². The molecule has 0 aromatic heterocycles. The monoisotopic (exact) mass is 328 g/mol. The molecule has 0 saturated carbocycles. The summed E-state index contributed by atoms with van der Waals surface area (Å²) >= 11 is 5.97. The Kier molecular flexibility index (Phi) is 4.87. The van der Waals surface area contributed by atoms with Crippen molar-refractivity contribution in [2.75, 3.05) is 11.9 Å². The molecule has 4 heteroatoms. The van der Waals surface area contributed by atoms with Gasteiger partial charge < -0.3 is 10.2 Å². The third-order valence-corrected chi connectivity index (χ3v) is 4.66. The van der Waals surface area contributed by atoms with Crippen LogP contribution in [0.1, 0.15) is 36.9 Å². The van der Waals surface area contributed by atoms with Gasteiger partial charge in [0.05, 0.1) is 6.04 Å². The molecule has 1 aliphatic heterocycles. The van der Waals surface area contributed by atoms with Gasteiger partial charge >= 0.3 is 6.03 Å². The van der Waals surface area contributed by atoms with Gasteiger partial charge in [0.25, 0.3) is 0 Å². The number of carbonyl (C=O) groups excluding carboxylic acids is 1. The SMILES string of the molecule is CCc1ccccc1NC(=O)N1CCC[C@H]1c1ccc(Cl)cc1. The minimum atomic E-state index is -0.0247. The molecule has 1 fully saturated rings. The Bertz CT molecular complexity index is 684. The molecular formula is C19H21ClN2O. The first-order valence-electron chi connectivity index (χ1n) is 8.10. The second kappa shape index (κ2) is 7.05. The van der Waals surface area contributed by atoms with E-state index >= 15 is 0 Å². The number of amides is 2. The molecule has 1 atom stereocenters. The summed E-state index contributed by atoms with van der Waals surface area (Å²) in [4.78, 5) is 14.6. The Morgan fingerprint density at radius 3 is 2.70 bits per heavy atom. The van der Waals surface area contributed by atoms with Crippen LogP contribution in [-0.2, 0) is 6.42 Å². The second-order valence-corrected chi connectivity index (χ2v) is 6.28. The van der Waals surface area contributed by atoms with Crippen molar-refractivity contribution in [1.29, 1.82) is 0 Å². The maximum atomic E-state index is 12.7. The van der Waals surface area contributed by atoms with Crippen molar-refractivity contribution in [3.63, 3.8) is 0 Å². The summed E-state index contributed by atoms with van der Waals surface area (Å²) in [6.45, 7) is 2.88. The molecule has 3 rings (SSSR count). The largest absolute Gasteiger partial charge is 0.322 e. The summed E-state index contributed by atoms with van der Waals surface area (Å²) < 4.78 is 0. The van der Waals surface area contributed by atoms with Crippen LogP contribution < -0.4 is 5.32 Å². The first kappa shape index (κ1) is 15.9. The Morgan fingerprint density at radius 1 is 1.22 bits per heavy atom. The topological polar surface area (TPSA) is 32.3 Å². The van der Waals surface area contributed by atoms with Crippen LogP contribution in [0.15, 0.2) is 48.5 Å². The summed E-state index contributed by atoms with van der Waals surface area (Å²) in [5.41, 5.74) is 3.20. The van der Waals surface area contributed by atoms with Gasteiger partial charge in [-0.2, -0.15) is 0 Å². The Balaban J connectivity index is 1.77. The molecule has 0 unspecified atom stereocenters. The third-order valence-electron chi connectivity index (χ3n) is 4.41. The lowest BCUT2D eigenvalue weighted by Crippen LogP contribution is -2.34. The molecule has 2 amide bonds. The number of aryl methyl sites for hydroxylation is 1. The molecule has 1 aliphatic rings. The zero-order valence-electron chi connectivity index (χ0n) is 13.3. The maximum absolute atomic E-state index is 12.7. The van der Waals surface area contributed by atoms with Crippen LogP contribution in [0, 0.1) is 0 Å². The molecule has 3 nitrogen and oxygen atoms in total. The number of nitrogens with one attached hydrogen (secondary N) is 1. The molecule has 1 heterocycles. The van der Waals surface area contributed by atoms with Gasteiger partial charge in [0, 0.05) is 17.3 Å². The van der Waals surface area contributed by atoms with Crippen molar-refractivity contribution in [1.82, 2.24) is 4.90 Å². The smallest absolute Gasteiger partial charge is 0.317 e. The predicted molar refractivity (Wildman–Crippen MR) is 95.0 cm³/mol. The van der Waals surface area contributed by atoms with Crippen molar-refractivity contribution < 1.29 is 4.79 Å². The van der Waals surface area contributed by atoms with E-state index in [0.717, 1.165) is 47.6 Å². The molecule has 0 aliphatic carbocycles. The van der Waals surface area contributed by atoms with Crippen LogP contribution in [0.25, 0.3) is 0 Å². The van der Waals surface area contributed by atoms with Gasteiger partial charge in [-0.15, -0.1) is 0 Å². The Hall–Kier alpha value is -2.00. The number of rotatable bonds is 3. The molecule has 1 N–H and O–H groups in total. The van der Waals surface area contributed by atoms with Gasteiger partial charge in [-0.05, 0) is 48.6 Å². The van der Waals surface area contributed by atoms with Gasteiger partial charge in [0.15, 0.2) is 0 Å². The molecule has 0 spiro atoms. The van der Waals surface area contributed by atoms with Crippen LogP contribution in [0.2, 0.25) is 5.02 Å². The van der Waals surface area contributed by atoms with Crippen LogP contribution in [0.3, 0.4) is 0 Å². The number of halogens is 1. The average Bonchev–Trinajstić information content (AvgIpc) is 3.06. The van der Waals surface area contributed by atoms with E-state index in [9.17, 15) is 4.79 Å². The highest BCUT2D eigenvalue weighted by Gasteiger charge is 2.30. The summed E-state index contributed by atoms with van der Waals surface area (Å²) in [7, 11) is 0. The predicted octanol–water partition coefficient (Wildman–Crippen LogP) is 5.27. The number of benzene rings is 2. The van der Waals surface area contributed by atoms with E-state index in [4.69, 9.17) is 11.6 Å². The highest BCUT2D eigenvalue weighted by atomic mass is 35.5. The zero-order chi connectivity index (χ0) is 16.2. The van der Waals surface area contributed by atoms with Gasteiger partial charge in [0.2, 0.25) is 0 Å².